The van der Waals surface area contributed by atoms with Gasteiger partial charge in [-0.1, -0.05) is 63.5 Å². The molecule has 2 saturated heterocycles. The van der Waals surface area contributed by atoms with E-state index < -0.39 is 0 Å². The smallest absolute Gasteiger partial charge is 0.658 e. The van der Waals surface area contributed by atoms with Gasteiger partial charge in [0.1, 0.15) is 5.75 Å². The van der Waals surface area contributed by atoms with E-state index in [1.165, 1.54) is 44.9 Å². The first-order chi connectivity index (χ1) is 15.7. The van der Waals surface area contributed by atoms with Crippen molar-refractivity contribution in [2.24, 2.45) is 15.9 Å². The number of benzene rings is 1. The van der Waals surface area contributed by atoms with E-state index in [9.17, 15) is 10.2 Å². The third-order valence-corrected chi connectivity index (χ3v) is 6.54. The number of para-hydroxylation sites is 1. The van der Waals surface area contributed by atoms with Gasteiger partial charge in [0.2, 0.25) is 0 Å². The number of phenolic OH excluding ortho intramolecular Hbond substituents is 1. The molecule has 2 N–H and O–H groups in total. The van der Waals surface area contributed by atoms with Crippen molar-refractivity contribution in [3.05, 3.63) is 40.5 Å². The second-order valence-electron chi connectivity index (χ2n) is 9.19. The fraction of sp³-hybridized carbons (Fsp3) is 0.692. The number of phenols is 1. The predicted octanol–water partition coefficient (Wildman–Crippen LogP) is 5.27. The fourth-order valence-electron chi connectivity index (χ4n) is 4.51. The quantitative estimate of drug-likeness (QED) is 0.412. The van der Waals surface area contributed by atoms with Crippen LogP contribution in [0, 0.1) is 5.92 Å². The molecule has 0 amide bonds. The second kappa shape index (κ2) is 16.4. The minimum atomic E-state index is -0.152. The second-order valence-corrected chi connectivity index (χ2v) is 9.19. The van der Waals surface area contributed by atoms with Gasteiger partial charge in [-0.25, -0.2) is 0 Å². The molecule has 6 nitrogen and oxygen atoms in total. The van der Waals surface area contributed by atoms with Crippen LogP contribution in [-0.4, -0.2) is 67.0 Å². The number of nitrogens with zero attached hydrogens (tertiary/aromatic N) is 4. The molecule has 2 aliphatic heterocycles. The Balaban J connectivity index is 0.000000227. The average molecular weight is 499 g/mol. The van der Waals surface area contributed by atoms with Gasteiger partial charge >= 0.3 is 16.5 Å². The summed E-state index contributed by atoms with van der Waals surface area (Å²) in [5.74, 6) is 0.587. The Morgan fingerprint density at radius 2 is 1.42 bits per heavy atom. The van der Waals surface area contributed by atoms with Gasteiger partial charge in [0.25, 0.3) is 0 Å². The average Bonchev–Trinajstić information content (AvgIpc) is 2.83. The van der Waals surface area contributed by atoms with Gasteiger partial charge in [-0.3, -0.25) is 9.98 Å². The summed E-state index contributed by atoms with van der Waals surface area (Å²) >= 11 is 0. The number of aromatic hydroxyl groups is 1. The van der Waals surface area contributed by atoms with Crippen molar-refractivity contribution in [3.8, 4) is 5.75 Å². The van der Waals surface area contributed by atoms with Gasteiger partial charge < -0.3 is 20.8 Å². The number of aliphatic hydroxyl groups is 1. The summed E-state index contributed by atoms with van der Waals surface area (Å²) in [4.78, 5) is 8.84. The molecule has 0 spiro atoms. The van der Waals surface area contributed by atoms with E-state index in [2.05, 4.69) is 20.6 Å². The van der Waals surface area contributed by atoms with Crippen molar-refractivity contribution >= 4 is 12.4 Å². The van der Waals surface area contributed by atoms with Gasteiger partial charge in [0.15, 0.2) is 0 Å². The summed E-state index contributed by atoms with van der Waals surface area (Å²) < 4.78 is 0. The van der Waals surface area contributed by atoms with Crippen LogP contribution in [0.2, 0.25) is 0 Å². The standard InChI is InChI=1S/C13H23N2O.C13H17N2O.Ni/c2*16-13-7-2-1-5-11(13)9-14-10-12-6-3-4-8-15-12;/h9,11-13,16H,1-8,10H2;1-2,5,7,9,12,16H,3-4,6,8,10H2;/q2*-1;+2. The molecule has 33 heavy (non-hydrogen) atoms. The van der Waals surface area contributed by atoms with E-state index in [4.69, 9.17) is 0 Å². The van der Waals surface area contributed by atoms with Crippen LogP contribution in [0.3, 0.4) is 0 Å². The van der Waals surface area contributed by atoms with Gasteiger partial charge in [-0.15, -0.1) is 25.2 Å². The maximum absolute atomic E-state index is 9.79. The molecule has 1 aromatic rings. The molecule has 3 aliphatic rings. The Kier molecular flexibility index (Phi) is 13.9. The summed E-state index contributed by atoms with van der Waals surface area (Å²) in [6.07, 6.45) is 15.4. The van der Waals surface area contributed by atoms with Gasteiger partial charge in [0, 0.05) is 37.0 Å². The monoisotopic (exact) mass is 498 g/mol. The van der Waals surface area contributed by atoms with Crippen molar-refractivity contribution in [2.75, 3.05) is 26.2 Å². The zero-order valence-electron chi connectivity index (χ0n) is 19.7. The number of hydrogen-bond donors (Lipinski definition) is 2. The van der Waals surface area contributed by atoms with E-state index in [1.54, 1.807) is 12.3 Å². The Morgan fingerprint density at radius 1 is 0.818 bits per heavy atom. The third kappa shape index (κ3) is 10.7. The molecule has 4 atom stereocenters. The summed E-state index contributed by atoms with van der Waals surface area (Å²) in [5, 5.41) is 28.4. The molecule has 186 valence electrons. The number of rotatable bonds is 6. The molecule has 1 saturated carbocycles. The van der Waals surface area contributed by atoms with E-state index in [1.807, 2.05) is 24.4 Å². The molecule has 4 rings (SSSR count). The maximum Gasteiger partial charge on any atom is 2.00 e. The van der Waals surface area contributed by atoms with Crippen molar-refractivity contribution < 1.29 is 26.7 Å². The maximum atomic E-state index is 9.79. The van der Waals surface area contributed by atoms with Gasteiger partial charge in [-0.05, 0) is 25.0 Å². The summed E-state index contributed by atoms with van der Waals surface area (Å²) in [5.41, 5.74) is 0.776. The molecular weight excluding hydrogens is 459 g/mol. The molecular formula is C26H40N4NiO2. The molecule has 1 aromatic carbocycles. The summed E-state index contributed by atoms with van der Waals surface area (Å²) in [7, 11) is 0. The van der Waals surface area contributed by atoms with E-state index in [-0.39, 0.29) is 28.3 Å². The van der Waals surface area contributed by atoms with Crippen molar-refractivity contribution in [1.82, 2.24) is 0 Å². The van der Waals surface area contributed by atoms with Crippen LogP contribution in [0.5, 0.6) is 5.75 Å². The number of aliphatic imine (C=N–C) groups is 2. The number of hydrogen-bond acceptors (Lipinski definition) is 4. The van der Waals surface area contributed by atoms with E-state index in [0.29, 0.717) is 18.0 Å². The Morgan fingerprint density at radius 3 is 2.03 bits per heavy atom. The molecule has 0 radical (unpaired) electrons. The Labute approximate surface area is 209 Å². The van der Waals surface area contributed by atoms with E-state index in [0.717, 1.165) is 51.0 Å². The fourth-order valence-corrected chi connectivity index (χ4v) is 4.51. The zero-order valence-corrected chi connectivity index (χ0v) is 20.7. The van der Waals surface area contributed by atoms with Gasteiger partial charge in [-0.2, -0.15) is 0 Å². The predicted molar refractivity (Wildman–Crippen MR) is 134 cm³/mol. The van der Waals surface area contributed by atoms with Crippen LogP contribution in [0.1, 0.15) is 69.8 Å². The molecule has 2 heterocycles. The zero-order chi connectivity index (χ0) is 22.4. The van der Waals surface area contributed by atoms with Crippen LogP contribution in [0.4, 0.5) is 0 Å². The minimum Gasteiger partial charge on any atom is -0.658 e. The van der Waals surface area contributed by atoms with Gasteiger partial charge in [0.05, 0.1) is 6.10 Å². The normalized spacial score (nSPS) is 28.2. The molecule has 1 aliphatic carbocycles. The van der Waals surface area contributed by atoms with Crippen molar-refractivity contribution in [3.63, 3.8) is 0 Å². The van der Waals surface area contributed by atoms with Crippen LogP contribution in [0.15, 0.2) is 34.3 Å². The van der Waals surface area contributed by atoms with Crippen molar-refractivity contribution in [1.29, 1.82) is 0 Å². The molecule has 4 unspecified atom stereocenters. The van der Waals surface area contributed by atoms with Crippen LogP contribution in [-0.2, 0) is 16.5 Å². The summed E-state index contributed by atoms with van der Waals surface area (Å²) in [6, 6.07) is 8.07. The topological polar surface area (TPSA) is 93.4 Å². The van der Waals surface area contributed by atoms with Crippen LogP contribution < -0.4 is 0 Å². The Bertz CT molecular complexity index is 703. The van der Waals surface area contributed by atoms with Crippen LogP contribution >= 0.6 is 0 Å². The molecule has 7 heteroatoms. The van der Waals surface area contributed by atoms with Crippen LogP contribution in [0.25, 0.3) is 10.6 Å². The number of aliphatic hydroxyl groups excluding tert-OH is 1. The molecule has 0 aromatic heterocycles. The minimum absolute atomic E-state index is 0. The molecule has 3 fully saturated rings. The Hall–Kier alpha value is -1.27. The SMILES string of the molecule is OC1CCCCC1C=NCC1CCCC[N-]1.Oc1ccccc1C=NCC1CCCC[N-]1.[Ni+2]. The first-order valence-corrected chi connectivity index (χ1v) is 12.5. The van der Waals surface area contributed by atoms with E-state index >= 15 is 0 Å². The first kappa shape index (κ1) is 28.0. The summed E-state index contributed by atoms with van der Waals surface area (Å²) in [6.45, 7) is 3.58. The number of piperidine rings is 2. The van der Waals surface area contributed by atoms with Crippen molar-refractivity contribution in [2.45, 2.75) is 82.4 Å². The first-order valence-electron chi connectivity index (χ1n) is 12.5. The third-order valence-electron chi connectivity index (χ3n) is 6.54. The largest absolute Gasteiger partial charge is 2.00 e. The molecule has 0 bridgehead atoms.